The average molecular weight is 317 g/mol. The minimum Gasteiger partial charge on any atom is -0.484 e. The van der Waals surface area contributed by atoms with Gasteiger partial charge in [0.25, 0.3) is 5.91 Å². The third-order valence-electron chi connectivity index (χ3n) is 3.01. The maximum atomic E-state index is 11.6. The van der Waals surface area contributed by atoms with Crippen LogP contribution in [0.3, 0.4) is 0 Å². The Hall–Kier alpha value is -2.33. The minimum absolute atomic E-state index is 0.105. The number of hydrazone groups is 1. The lowest BCUT2D eigenvalue weighted by molar-refractivity contribution is -0.123. The Kier molecular flexibility index (Phi) is 5.55. The first-order valence-corrected chi connectivity index (χ1v) is 7.20. The molecule has 0 radical (unpaired) electrons. The molecule has 114 valence electrons. The molecule has 0 aromatic heterocycles. The van der Waals surface area contributed by atoms with Crippen molar-refractivity contribution >= 4 is 23.7 Å². The number of carbonyl (C=O) groups is 1. The van der Waals surface area contributed by atoms with Crippen molar-refractivity contribution in [2.24, 2.45) is 5.10 Å². The standard InChI is InChI=1S/C17H17ClN2O2/c1-12-3-4-13(2)14(9-12)10-19-20-17(21)11-22-16-7-5-15(18)6-8-16/h3-10H,11H2,1-2H3,(H,20,21)/b19-10+. The Morgan fingerprint density at radius 2 is 1.95 bits per heavy atom. The molecule has 1 amide bonds. The van der Waals surface area contributed by atoms with Gasteiger partial charge in [-0.25, -0.2) is 5.43 Å². The summed E-state index contributed by atoms with van der Waals surface area (Å²) in [6.07, 6.45) is 1.63. The van der Waals surface area contributed by atoms with Crippen molar-refractivity contribution in [3.63, 3.8) is 0 Å². The first kappa shape index (κ1) is 16.0. The van der Waals surface area contributed by atoms with Gasteiger partial charge >= 0.3 is 0 Å². The lowest BCUT2D eigenvalue weighted by Gasteiger charge is -2.05. The number of hydrogen-bond donors (Lipinski definition) is 1. The van der Waals surface area contributed by atoms with Gasteiger partial charge in [0.1, 0.15) is 5.75 Å². The van der Waals surface area contributed by atoms with E-state index in [0.29, 0.717) is 10.8 Å². The van der Waals surface area contributed by atoms with E-state index in [-0.39, 0.29) is 12.5 Å². The molecule has 4 nitrogen and oxygen atoms in total. The highest BCUT2D eigenvalue weighted by atomic mass is 35.5. The third kappa shape index (κ3) is 4.90. The molecule has 0 aliphatic heterocycles. The van der Waals surface area contributed by atoms with Gasteiger partial charge < -0.3 is 4.74 Å². The van der Waals surface area contributed by atoms with E-state index in [1.54, 1.807) is 30.5 Å². The molecule has 2 aromatic carbocycles. The summed E-state index contributed by atoms with van der Waals surface area (Å²) >= 11 is 5.77. The summed E-state index contributed by atoms with van der Waals surface area (Å²) in [6, 6.07) is 12.9. The van der Waals surface area contributed by atoms with Crippen molar-refractivity contribution in [3.8, 4) is 5.75 Å². The zero-order valence-electron chi connectivity index (χ0n) is 12.5. The van der Waals surface area contributed by atoms with E-state index in [1.807, 2.05) is 32.0 Å². The zero-order valence-corrected chi connectivity index (χ0v) is 13.2. The van der Waals surface area contributed by atoms with Gasteiger partial charge in [0, 0.05) is 5.02 Å². The van der Waals surface area contributed by atoms with Gasteiger partial charge in [-0.05, 0) is 49.2 Å². The molecule has 0 bridgehead atoms. The van der Waals surface area contributed by atoms with Gasteiger partial charge in [-0.15, -0.1) is 0 Å². The molecule has 0 aliphatic rings. The third-order valence-corrected chi connectivity index (χ3v) is 3.26. The largest absolute Gasteiger partial charge is 0.484 e. The van der Waals surface area contributed by atoms with Crippen molar-refractivity contribution in [2.75, 3.05) is 6.61 Å². The molecule has 0 fully saturated rings. The van der Waals surface area contributed by atoms with Crippen LogP contribution >= 0.6 is 11.6 Å². The Labute approximate surface area is 134 Å². The highest BCUT2D eigenvalue weighted by molar-refractivity contribution is 6.30. The number of aryl methyl sites for hydroxylation is 2. The Morgan fingerprint density at radius 3 is 2.68 bits per heavy atom. The van der Waals surface area contributed by atoms with Crippen molar-refractivity contribution in [3.05, 3.63) is 64.2 Å². The van der Waals surface area contributed by atoms with Crippen LogP contribution in [0.2, 0.25) is 5.02 Å². The van der Waals surface area contributed by atoms with Crippen LogP contribution in [0, 0.1) is 13.8 Å². The topological polar surface area (TPSA) is 50.7 Å². The van der Waals surface area contributed by atoms with Gasteiger partial charge in [0.05, 0.1) is 6.21 Å². The molecule has 0 spiro atoms. The van der Waals surface area contributed by atoms with Crippen molar-refractivity contribution < 1.29 is 9.53 Å². The molecule has 0 atom stereocenters. The Bertz CT molecular complexity index is 682. The molecule has 1 N–H and O–H groups in total. The van der Waals surface area contributed by atoms with E-state index in [9.17, 15) is 4.79 Å². The van der Waals surface area contributed by atoms with Gasteiger partial charge in [0.15, 0.2) is 6.61 Å². The Balaban J connectivity index is 1.83. The van der Waals surface area contributed by atoms with Gasteiger partial charge in [0.2, 0.25) is 0 Å². The summed E-state index contributed by atoms with van der Waals surface area (Å²) in [5, 5.41) is 4.56. The summed E-state index contributed by atoms with van der Waals surface area (Å²) in [7, 11) is 0. The SMILES string of the molecule is Cc1ccc(C)c(/C=N/NC(=O)COc2ccc(Cl)cc2)c1. The number of amides is 1. The van der Waals surface area contributed by atoms with Crippen molar-refractivity contribution in [2.45, 2.75) is 13.8 Å². The normalized spacial score (nSPS) is 10.7. The number of nitrogens with zero attached hydrogens (tertiary/aromatic N) is 1. The summed E-state index contributed by atoms with van der Waals surface area (Å²) in [6.45, 7) is 3.90. The first-order chi connectivity index (χ1) is 10.5. The van der Waals surface area contributed by atoms with E-state index in [2.05, 4.69) is 10.5 Å². The summed E-state index contributed by atoms with van der Waals surface area (Å²) in [4.78, 5) is 11.6. The van der Waals surface area contributed by atoms with E-state index in [0.717, 1.165) is 16.7 Å². The highest BCUT2D eigenvalue weighted by Crippen LogP contribution is 2.15. The predicted octanol–water partition coefficient (Wildman–Crippen LogP) is 3.49. The fourth-order valence-corrected chi connectivity index (χ4v) is 1.91. The second-order valence-corrected chi connectivity index (χ2v) is 5.33. The number of benzene rings is 2. The van der Waals surface area contributed by atoms with Crippen LogP contribution in [-0.4, -0.2) is 18.7 Å². The molecule has 0 heterocycles. The molecule has 2 aromatic rings. The summed E-state index contributed by atoms with van der Waals surface area (Å²) < 4.78 is 5.32. The molecular weight excluding hydrogens is 300 g/mol. The summed E-state index contributed by atoms with van der Waals surface area (Å²) in [5.41, 5.74) is 5.65. The fraction of sp³-hybridized carbons (Fsp3) is 0.176. The highest BCUT2D eigenvalue weighted by Gasteiger charge is 2.01. The van der Waals surface area contributed by atoms with Gasteiger partial charge in [-0.1, -0.05) is 35.4 Å². The predicted molar refractivity (Wildman–Crippen MR) is 88.6 cm³/mol. The van der Waals surface area contributed by atoms with Crippen LogP contribution in [0.25, 0.3) is 0 Å². The number of halogens is 1. The molecular formula is C17H17ClN2O2. The van der Waals surface area contributed by atoms with Gasteiger partial charge in [-0.3, -0.25) is 4.79 Å². The Morgan fingerprint density at radius 1 is 1.23 bits per heavy atom. The number of hydrogen-bond acceptors (Lipinski definition) is 3. The van der Waals surface area contributed by atoms with E-state index < -0.39 is 0 Å². The van der Waals surface area contributed by atoms with Gasteiger partial charge in [-0.2, -0.15) is 5.10 Å². The maximum Gasteiger partial charge on any atom is 0.277 e. The van der Waals surface area contributed by atoms with Crippen LogP contribution in [0.1, 0.15) is 16.7 Å². The molecule has 0 saturated carbocycles. The molecule has 2 rings (SSSR count). The monoisotopic (exact) mass is 316 g/mol. The first-order valence-electron chi connectivity index (χ1n) is 6.82. The van der Waals surface area contributed by atoms with E-state index in [4.69, 9.17) is 16.3 Å². The maximum absolute atomic E-state index is 11.6. The number of carbonyl (C=O) groups excluding carboxylic acids is 1. The molecule has 0 aliphatic carbocycles. The van der Waals surface area contributed by atoms with Crippen LogP contribution in [0.4, 0.5) is 0 Å². The molecule has 0 unspecified atom stereocenters. The molecule has 0 saturated heterocycles. The van der Waals surface area contributed by atoms with Crippen LogP contribution in [-0.2, 0) is 4.79 Å². The van der Waals surface area contributed by atoms with Crippen molar-refractivity contribution in [1.82, 2.24) is 5.43 Å². The van der Waals surface area contributed by atoms with Crippen LogP contribution in [0.5, 0.6) is 5.75 Å². The molecule has 22 heavy (non-hydrogen) atoms. The quantitative estimate of drug-likeness (QED) is 0.678. The number of rotatable bonds is 5. The van der Waals surface area contributed by atoms with Crippen molar-refractivity contribution in [1.29, 1.82) is 0 Å². The van der Waals surface area contributed by atoms with E-state index in [1.165, 1.54) is 0 Å². The summed E-state index contributed by atoms with van der Waals surface area (Å²) in [5.74, 6) is 0.259. The van der Waals surface area contributed by atoms with Crippen LogP contribution in [0.15, 0.2) is 47.6 Å². The number of ether oxygens (including phenoxy) is 1. The van der Waals surface area contributed by atoms with E-state index >= 15 is 0 Å². The van der Waals surface area contributed by atoms with Crippen LogP contribution < -0.4 is 10.2 Å². The average Bonchev–Trinajstić information content (AvgIpc) is 2.50. The fourth-order valence-electron chi connectivity index (χ4n) is 1.78. The lowest BCUT2D eigenvalue weighted by atomic mass is 10.1. The molecule has 5 heteroatoms. The lowest BCUT2D eigenvalue weighted by Crippen LogP contribution is -2.24. The second-order valence-electron chi connectivity index (χ2n) is 4.90. The smallest absolute Gasteiger partial charge is 0.277 e. The minimum atomic E-state index is -0.323. The zero-order chi connectivity index (χ0) is 15.9. The number of nitrogens with one attached hydrogen (secondary N) is 1. The second kappa shape index (κ2) is 7.61.